The van der Waals surface area contributed by atoms with E-state index in [-0.39, 0.29) is 12.2 Å². The maximum absolute atomic E-state index is 13.5. The van der Waals surface area contributed by atoms with Crippen LogP contribution in [0.2, 0.25) is 0 Å². The standard InChI is InChI=1S/C16H16F3N3O3/c1-10(15(24)25)9-21(2)14(23)12-8-20-22(13(12)16(17,18)19)11-6-4-3-5-7-11/h3-8,10H,9H2,1-2H3,(H,24,25). The van der Waals surface area contributed by atoms with Gasteiger partial charge >= 0.3 is 12.1 Å². The number of carboxylic acids is 1. The molecule has 1 N–H and O–H groups in total. The molecule has 0 aliphatic heterocycles. The van der Waals surface area contributed by atoms with Gasteiger partial charge in [0, 0.05) is 13.6 Å². The van der Waals surface area contributed by atoms with Gasteiger partial charge in [-0.2, -0.15) is 18.3 Å². The second-order valence-corrected chi connectivity index (χ2v) is 5.58. The van der Waals surface area contributed by atoms with Crippen molar-refractivity contribution >= 4 is 11.9 Å². The van der Waals surface area contributed by atoms with Gasteiger partial charge in [-0.3, -0.25) is 9.59 Å². The minimum Gasteiger partial charge on any atom is -0.481 e. The molecule has 1 unspecified atom stereocenters. The number of para-hydroxylation sites is 1. The third kappa shape index (κ3) is 3.98. The van der Waals surface area contributed by atoms with Crippen LogP contribution in [0.1, 0.15) is 23.0 Å². The minimum atomic E-state index is -4.81. The molecular formula is C16H16F3N3O3. The van der Waals surface area contributed by atoms with Gasteiger partial charge in [-0.1, -0.05) is 25.1 Å². The first-order valence-corrected chi connectivity index (χ1v) is 7.31. The van der Waals surface area contributed by atoms with Crippen LogP contribution in [0.3, 0.4) is 0 Å². The van der Waals surface area contributed by atoms with Gasteiger partial charge in [0.2, 0.25) is 0 Å². The number of rotatable bonds is 5. The number of halogens is 3. The Morgan fingerprint density at radius 2 is 1.88 bits per heavy atom. The molecule has 1 aromatic carbocycles. The van der Waals surface area contributed by atoms with Gasteiger partial charge in [-0.05, 0) is 12.1 Å². The van der Waals surface area contributed by atoms with Crippen LogP contribution in [0.5, 0.6) is 0 Å². The molecule has 0 fully saturated rings. The maximum Gasteiger partial charge on any atom is 0.434 e. The number of hydrogen-bond donors (Lipinski definition) is 1. The van der Waals surface area contributed by atoms with Gasteiger partial charge in [0.15, 0.2) is 5.69 Å². The van der Waals surface area contributed by atoms with Gasteiger partial charge in [-0.15, -0.1) is 0 Å². The van der Waals surface area contributed by atoms with Crippen LogP contribution in [-0.2, 0) is 11.0 Å². The molecule has 2 rings (SSSR count). The second-order valence-electron chi connectivity index (χ2n) is 5.58. The van der Waals surface area contributed by atoms with Gasteiger partial charge in [0.25, 0.3) is 5.91 Å². The molecule has 1 heterocycles. The zero-order chi connectivity index (χ0) is 18.8. The Bertz CT molecular complexity index is 772. The van der Waals surface area contributed by atoms with E-state index in [1.54, 1.807) is 18.2 Å². The summed E-state index contributed by atoms with van der Waals surface area (Å²) in [6, 6.07) is 7.63. The summed E-state index contributed by atoms with van der Waals surface area (Å²) < 4.78 is 41.2. The van der Waals surface area contributed by atoms with E-state index in [0.29, 0.717) is 4.68 Å². The number of alkyl halides is 3. The Kier molecular flexibility index (Phi) is 5.15. The molecule has 134 valence electrons. The predicted molar refractivity (Wildman–Crippen MR) is 82.3 cm³/mol. The highest BCUT2D eigenvalue weighted by Gasteiger charge is 2.41. The lowest BCUT2D eigenvalue weighted by Gasteiger charge is -2.20. The van der Waals surface area contributed by atoms with E-state index in [0.717, 1.165) is 11.1 Å². The third-order valence-electron chi connectivity index (χ3n) is 3.58. The topological polar surface area (TPSA) is 75.4 Å². The van der Waals surface area contributed by atoms with Crippen LogP contribution < -0.4 is 0 Å². The Morgan fingerprint density at radius 3 is 2.40 bits per heavy atom. The summed E-state index contributed by atoms with van der Waals surface area (Å²) in [7, 11) is 1.25. The number of aromatic nitrogens is 2. The van der Waals surface area contributed by atoms with Crippen LogP contribution in [0.4, 0.5) is 13.2 Å². The number of carbonyl (C=O) groups excluding carboxylic acids is 1. The van der Waals surface area contributed by atoms with Crippen molar-refractivity contribution in [3.8, 4) is 5.69 Å². The maximum atomic E-state index is 13.5. The molecular weight excluding hydrogens is 339 g/mol. The summed E-state index contributed by atoms with van der Waals surface area (Å²) >= 11 is 0. The molecule has 1 amide bonds. The first-order chi connectivity index (χ1) is 11.6. The van der Waals surface area contributed by atoms with E-state index >= 15 is 0 Å². The summed E-state index contributed by atoms with van der Waals surface area (Å²) in [5.41, 5.74) is -1.66. The Morgan fingerprint density at radius 1 is 1.28 bits per heavy atom. The van der Waals surface area contributed by atoms with Crippen molar-refractivity contribution in [1.29, 1.82) is 0 Å². The highest BCUT2D eigenvalue weighted by atomic mass is 19.4. The molecule has 0 aliphatic carbocycles. The lowest BCUT2D eigenvalue weighted by Crippen LogP contribution is -2.34. The predicted octanol–water partition coefficient (Wildman–Crippen LogP) is 2.68. The van der Waals surface area contributed by atoms with Crippen molar-refractivity contribution in [3.63, 3.8) is 0 Å². The van der Waals surface area contributed by atoms with E-state index in [4.69, 9.17) is 5.11 Å². The van der Waals surface area contributed by atoms with Gasteiger partial charge in [0.05, 0.1) is 23.4 Å². The Hall–Kier alpha value is -2.84. The third-order valence-corrected chi connectivity index (χ3v) is 3.58. The highest BCUT2D eigenvalue weighted by molar-refractivity contribution is 5.95. The van der Waals surface area contributed by atoms with E-state index in [2.05, 4.69) is 5.10 Å². The average Bonchev–Trinajstić information content (AvgIpc) is 2.99. The Labute approximate surface area is 141 Å². The molecule has 0 spiro atoms. The molecule has 0 radical (unpaired) electrons. The monoisotopic (exact) mass is 355 g/mol. The fourth-order valence-electron chi connectivity index (χ4n) is 2.32. The summed E-state index contributed by atoms with van der Waals surface area (Å²) in [6.45, 7) is 1.14. The zero-order valence-electron chi connectivity index (χ0n) is 13.5. The summed E-state index contributed by atoms with van der Waals surface area (Å²) in [5.74, 6) is -2.99. The van der Waals surface area contributed by atoms with Crippen LogP contribution in [0.15, 0.2) is 36.5 Å². The van der Waals surface area contributed by atoms with Crippen molar-refractivity contribution in [1.82, 2.24) is 14.7 Å². The summed E-state index contributed by atoms with van der Waals surface area (Å²) in [6.07, 6.45) is -3.96. The normalized spacial score (nSPS) is 12.7. The lowest BCUT2D eigenvalue weighted by atomic mass is 10.1. The molecule has 0 bridgehead atoms. The van der Waals surface area contributed by atoms with Gasteiger partial charge in [0.1, 0.15) is 0 Å². The number of benzene rings is 1. The number of carbonyl (C=O) groups is 2. The molecule has 0 saturated heterocycles. The van der Waals surface area contributed by atoms with Crippen LogP contribution in [0.25, 0.3) is 5.69 Å². The smallest absolute Gasteiger partial charge is 0.434 e. The van der Waals surface area contributed by atoms with Crippen molar-refractivity contribution in [2.75, 3.05) is 13.6 Å². The van der Waals surface area contributed by atoms with Crippen molar-refractivity contribution < 1.29 is 27.9 Å². The number of nitrogens with zero attached hydrogens (tertiary/aromatic N) is 3. The van der Waals surface area contributed by atoms with Gasteiger partial charge < -0.3 is 10.0 Å². The first kappa shape index (κ1) is 18.5. The largest absolute Gasteiger partial charge is 0.481 e. The molecule has 1 atom stereocenters. The van der Waals surface area contributed by atoms with Crippen LogP contribution in [-0.4, -0.2) is 45.3 Å². The molecule has 2 aromatic rings. The van der Waals surface area contributed by atoms with E-state index in [9.17, 15) is 22.8 Å². The number of amides is 1. The molecule has 0 saturated carbocycles. The summed E-state index contributed by atoms with van der Waals surface area (Å²) in [5, 5.41) is 12.6. The zero-order valence-corrected chi connectivity index (χ0v) is 13.5. The van der Waals surface area contributed by atoms with Crippen molar-refractivity contribution in [3.05, 3.63) is 47.8 Å². The van der Waals surface area contributed by atoms with E-state index in [1.807, 2.05) is 0 Å². The molecule has 25 heavy (non-hydrogen) atoms. The van der Waals surface area contributed by atoms with Crippen LogP contribution >= 0.6 is 0 Å². The molecule has 9 heteroatoms. The van der Waals surface area contributed by atoms with Gasteiger partial charge in [-0.25, -0.2) is 4.68 Å². The number of aliphatic carboxylic acids is 1. The van der Waals surface area contributed by atoms with Crippen molar-refractivity contribution in [2.24, 2.45) is 5.92 Å². The first-order valence-electron chi connectivity index (χ1n) is 7.31. The average molecular weight is 355 g/mol. The fraction of sp³-hybridized carbons (Fsp3) is 0.312. The fourth-order valence-corrected chi connectivity index (χ4v) is 2.32. The lowest BCUT2D eigenvalue weighted by molar-refractivity contribution is -0.143. The molecule has 0 aliphatic rings. The number of hydrogen-bond acceptors (Lipinski definition) is 3. The van der Waals surface area contributed by atoms with E-state index < -0.39 is 35.2 Å². The Balaban J connectivity index is 2.43. The highest BCUT2D eigenvalue weighted by Crippen LogP contribution is 2.34. The molecule has 1 aromatic heterocycles. The summed E-state index contributed by atoms with van der Waals surface area (Å²) in [4.78, 5) is 24.2. The molecule has 6 nitrogen and oxygen atoms in total. The van der Waals surface area contributed by atoms with E-state index in [1.165, 1.54) is 26.1 Å². The number of carboxylic acid groups (broad SMARTS) is 1. The quantitative estimate of drug-likeness (QED) is 0.895. The second kappa shape index (κ2) is 6.96. The van der Waals surface area contributed by atoms with Crippen molar-refractivity contribution in [2.45, 2.75) is 13.1 Å². The minimum absolute atomic E-state index is 0.162. The SMILES string of the molecule is CC(CN(C)C(=O)c1cnn(-c2ccccc2)c1C(F)(F)F)C(=O)O. The van der Waals surface area contributed by atoms with Crippen LogP contribution in [0, 0.1) is 5.92 Å².